The zero-order chi connectivity index (χ0) is 12.0. The number of likely N-dealkylation sites (N-methyl/N-ethyl adjacent to an activating group) is 1. The average Bonchev–Trinajstić information content (AvgIpc) is 2.36. The van der Waals surface area contributed by atoms with Crippen LogP contribution in [-0.4, -0.2) is 43.7 Å². The molecule has 5 nitrogen and oxygen atoms in total. The zero-order valence-electron chi connectivity index (χ0n) is 9.81. The smallest absolute Gasteiger partial charge is 0.259 e. The summed E-state index contributed by atoms with van der Waals surface area (Å²) in [5, 5.41) is 3.31. The largest absolute Gasteiger partial charge is 0.398 e. The van der Waals surface area contributed by atoms with Gasteiger partial charge in [-0.05, 0) is 12.1 Å². The van der Waals surface area contributed by atoms with Crippen molar-refractivity contribution in [3.63, 3.8) is 0 Å². The fourth-order valence-electron chi connectivity index (χ4n) is 2.66. The number of amides is 1. The predicted molar refractivity (Wildman–Crippen MR) is 67.0 cm³/mol. The third-order valence-corrected chi connectivity index (χ3v) is 3.58. The van der Waals surface area contributed by atoms with Gasteiger partial charge in [-0.3, -0.25) is 4.79 Å². The van der Waals surface area contributed by atoms with E-state index in [0.717, 1.165) is 25.3 Å². The molecule has 1 amide bonds. The van der Waals surface area contributed by atoms with Crippen LogP contribution in [0.2, 0.25) is 0 Å². The van der Waals surface area contributed by atoms with Crippen molar-refractivity contribution < 1.29 is 4.79 Å². The van der Waals surface area contributed by atoms with Crippen LogP contribution >= 0.6 is 0 Å². The fraction of sp³-hybridized carbons (Fsp3) is 0.417. The second kappa shape index (κ2) is 3.63. The lowest BCUT2D eigenvalue weighted by Crippen LogP contribution is -2.62. The number of nitrogen functional groups attached to an aromatic ring is 1. The van der Waals surface area contributed by atoms with Crippen molar-refractivity contribution in [2.24, 2.45) is 0 Å². The minimum atomic E-state index is 0.0167. The molecule has 0 aliphatic carbocycles. The summed E-state index contributed by atoms with van der Waals surface area (Å²) < 4.78 is 0. The van der Waals surface area contributed by atoms with Crippen molar-refractivity contribution in [3.8, 4) is 0 Å². The molecule has 1 saturated heterocycles. The summed E-state index contributed by atoms with van der Waals surface area (Å²) in [6, 6.07) is 5.67. The van der Waals surface area contributed by atoms with Gasteiger partial charge in [0.05, 0.1) is 11.3 Å². The minimum Gasteiger partial charge on any atom is -0.398 e. The number of nitrogens with two attached hydrogens (primary N) is 1. The monoisotopic (exact) mass is 232 g/mol. The van der Waals surface area contributed by atoms with Crippen LogP contribution in [0.15, 0.2) is 18.2 Å². The third-order valence-electron chi connectivity index (χ3n) is 3.58. The maximum atomic E-state index is 12.3. The number of nitrogens with zero attached hydrogens (tertiary/aromatic N) is 2. The maximum absolute atomic E-state index is 12.3. The molecule has 1 aromatic rings. The molecule has 1 fully saturated rings. The van der Waals surface area contributed by atoms with Gasteiger partial charge in [-0.25, -0.2) is 0 Å². The van der Waals surface area contributed by atoms with Gasteiger partial charge >= 0.3 is 0 Å². The molecule has 5 heteroatoms. The van der Waals surface area contributed by atoms with Crippen LogP contribution in [0.3, 0.4) is 0 Å². The Hall–Kier alpha value is -1.75. The van der Waals surface area contributed by atoms with E-state index < -0.39 is 0 Å². The molecule has 0 bridgehead atoms. The van der Waals surface area contributed by atoms with E-state index in [2.05, 4.69) is 10.2 Å². The van der Waals surface area contributed by atoms with Crippen LogP contribution in [0, 0.1) is 0 Å². The van der Waals surface area contributed by atoms with E-state index in [1.54, 1.807) is 11.0 Å². The van der Waals surface area contributed by atoms with E-state index in [9.17, 15) is 4.79 Å². The number of anilines is 2. The first-order valence-electron chi connectivity index (χ1n) is 5.83. The number of benzene rings is 1. The molecule has 1 atom stereocenters. The van der Waals surface area contributed by atoms with Gasteiger partial charge in [0.15, 0.2) is 0 Å². The topological polar surface area (TPSA) is 61.6 Å². The average molecular weight is 232 g/mol. The Morgan fingerprint density at radius 2 is 2.29 bits per heavy atom. The van der Waals surface area contributed by atoms with E-state index in [-0.39, 0.29) is 12.1 Å². The molecule has 1 unspecified atom stereocenters. The number of carbonyl (C=O) groups is 1. The zero-order valence-corrected chi connectivity index (χ0v) is 9.81. The quantitative estimate of drug-likeness (QED) is 0.622. The molecule has 1 aromatic carbocycles. The highest BCUT2D eigenvalue weighted by atomic mass is 16.2. The first kappa shape index (κ1) is 10.4. The lowest BCUT2D eigenvalue weighted by molar-refractivity contribution is 0.0696. The predicted octanol–water partition coefficient (Wildman–Crippen LogP) is 0.0901. The molecule has 2 heterocycles. The van der Waals surface area contributed by atoms with Crippen molar-refractivity contribution in [2.45, 2.75) is 6.17 Å². The van der Waals surface area contributed by atoms with Gasteiger partial charge in [0.25, 0.3) is 5.91 Å². The SMILES string of the molecule is CN1C(=O)c2c(N)cccc2N2CCNCC12. The van der Waals surface area contributed by atoms with Crippen LogP contribution in [0.5, 0.6) is 0 Å². The lowest BCUT2D eigenvalue weighted by Gasteiger charge is -2.47. The van der Waals surface area contributed by atoms with Crippen molar-refractivity contribution in [3.05, 3.63) is 23.8 Å². The standard InChI is InChI=1S/C12H16N4O/c1-15-10-7-14-5-6-16(10)9-4-2-3-8(13)11(9)12(15)17/h2-4,10,14H,5-7,13H2,1H3. The highest BCUT2D eigenvalue weighted by Crippen LogP contribution is 2.34. The molecule has 17 heavy (non-hydrogen) atoms. The van der Waals surface area contributed by atoms with Crippen LogP contribution in [0.4, 0.5) is 11.4 Å². The van der Waals surface area contributed by atoms with Crippen molar-refractivity contribution in [1.82, 2.24) is 10.2 Å². The van der Waals surface area contributed by atoms with Gasteiger partial charge in [0.1, 0.15) is 6.17 Å². The Morgan fingerprint density at radius 3 is 3.12 bits per heavy atom. The molecule has 3 rings (SSSR count). The van der Waals surface area contributed by atoms with Crippen LogP contribution in [0.25, 0.3) is 0 Å². The lowest BCUT2D eigenvalue weighted by atomic mass is 10.0. The molecule has 0 radical (unpaired) electrons. The Labute approximate surface area is 100 Å². The number of rotatable bonds is 0. The molecule has 0 spiro atoms. The number of piperazine rings is 1. The van der Waals surface area contributed by atoms with Crippen molar-refractivity contribution in [2.75, 3.05) is 37.3 Å². The van der Waals surface area contributed by atoms with Gasteiger partial charge in [0.2, 0.25) is 0 Å². The van der Waals surface area contributed by atoms with E-state index in [1.165, 1.54) is 0 Å². The van der Waals surface area contributed by atoms with E-state index >= 15 is 0 Å². The summed E-state index contributed by atoms with van der Waals surface area (Å²) in [7, 11) is 1.84. The number of fused-ring (bicyclic) bond motifs is 3. The number of hydrogen-bond donors (Lipinski definition) is 2. The van der Waals surface area contributed by atoms with Crippen LogP contribution in [-0.2, 0) is 0 Å². The van der Waals surface area contributed by atoms with Gasteiger partial charge < -0.3 is 20.9 Å². The third kappa shape index (κ3) is 1.39. The normalized spacial score (nSPS) is 23.4. The van der Waals surface area contributed by atoms with E-state index in [0.29, 0.717) is 11.3 Å². The minimum absolute atomic E-state index is 0.0167. The number of hydrogen-bond acceptors (Lipinski definition) is 4. The first-order valence-corrected chi connectivity index (χ1v) is 5.83. The second-order valence-corrected chi connectivity index (χ2v) is 4.54. The highest BCUT2D eigenvalue weighted by Gasteiger charge is 2.37. The molecule has 3 N–H and O–H groups in total. The second-order valence-electron chi connectivity index (χ2n) is 4.54. The molecular formula is C12H16N4O. The summed E-state index contributed by atoms with van der Waals surface area (Å²) in [6.07, 6.45) is 0.102. The fourth-order valence-corrected chi connectivity index (χ4v) is 2.66. The summed E-state index contributed by atoms with van der Waals surface area (Å²) in [4.78, 5) is 16.3. The summed E-state index contributed by atoms with van der Waals surface area (Å²) in [5.41, 5.74) is 8.11. The Kier molecular flexibility index (Phi) is 2.22. The van der Waals surface area contributed by atoms with Crippen LogP contribution in [0.1, 0.15) is 10.4 Å². The summed E-state index contributed by atoms with van der Waals surface area (Å²) in [5.74, 6) is 0.0167. The van der Waals surface area contributed by atoms with Gasteiger partial charge in [-0.2, -0.15) is 0 Å². The molecular weight excluding hydrogens is 216 g/mol. The Morgan fingerprint density at radius 1 is 1.47 bits per heavy atom. The highest BCUT2D eigenvalue weighted by molar-refractivity contribution is 6.06. The molecule has 0 aromatic heterocycles. The van der Waals surface area contributed by atoms with E-state index in [4.69, 9.17) is 5.73 Å². The summed E-state index contributed by atoms with van der Waals surface area (Å²) in [6.45, 7) is 2.64. The Balaban J connectivity index is 2.16. The van der Waals surface area contributed by atoms with Crippen molar-refractivity contribution >= 4 is 17.3 Å². The van der Waals surface area contributed by atoms with Crippen LogP contribution < -0.4 is 16.0 Å². The molecule has 0 saturated carbocycles. The van der Waals surface area contributed by atoms with Gasteiger partial charge in [-0.1, -0.05) is 6.07 Å². The first-order chi connectivity index (χ1) is 8.20. The summed E-state index contributed by atoms with van der Waals surface area (Å²) >= 11 is 0. The van der Waals surface area contributed by atoms with Gasteiger partial charge in [0, 0.05) is 32.4 Å². The number of carbonyl (C=O) groups excluding carboxylic acids is 1. The molecule has 2 aliphatic rings. The molecule has 90 valence electrons. The molecule has 2 aliphatic heterocycles. The van der Waals surface area contributed by atoms with E-state index in [1.807, 2.05) is 19.2 Å². The number of nitrogens with one attached hydrogen (secondary N) is 1. The van der Waals surface area contributed by atoms with Gasteiger partial charge in [-0.15, -0.1) is 0 Å². The maximum Gasteiger partial charge on any atom is 0.259 e. The Bertz CT molecular complexity index is 474. The van der Waals surface area contributed by atoms with Crippen molar-refractivity contribution in [1.29, 1.82) is 0 Å².